The zero-order chi connectivity index (χ0) is 30.6. The Morgan fingerprint density at radius 2 is 1.02 bits per heavy atom. The predicted octanol–water partition coefficient (Wildman–Crippen LogP) is 4.71. The lowest BCUT2D eigenvalue weighted by molar-refractivity contribution is -0.342. The molecule has 3 aliphatic rings. The van der Waals surface area contributed by atoms with E-state index in [-0.39, 0.29) is 66.3 Å². The number of carbonyl (C=O) groups is 2. The second kappa shape index (κ2) is 14.9. The van der Waals surface area contributed by atoms with E-state index in [1.54, 1.807) is 7.11 Å². The molecule has 3 aliphatic heterocycles. The van der Waals surface area contributed by atoms with Gasteiger partial charge in [0, 0.05) is 38.7 Å². The second-order valence-electron chi connectivity index (χ2n) is 12.4. The molecule has 0 saturated carbocycles. The molecular formula is C31H54O10. The van der Waals surface area contributed by atoms with Gasteiger partial charge in [-0.1, -0.05) is 55.4 Å². The highest BCUT2D eigenvalue weighted by atomic mass is 16.7. The van der Waals surface area contributed by atoms with Crippen LogP contribution >= 0.6 is 0 Å². The highest BCUT2D eigenvalue weighted by Gasteiger charge is 2.50. The Balaban J connectivity index is 1.85. The second-order valence-corrected chi connectivity index (χ2v) is 12.4. The highest BCUT2D eigenvalue weighted by Crippen LogP contribution is 2.40. The third kappa shape index (κ3) is 7.81. The lowest BCUT2D eigenvalue weighted by Crippen LogP contribution is -2.59. The number of ether oxygens (including phenoxy) is 8. The average molecular weight is 587 g/mol. The number of esters is 2. The molecule has 10 nitrogen and oxygen atoms in total. The van der Waals surface area contributed by atoms with Crippen LogP contribution in [0.3, 0.4) is 0 Å². The van der Waals surface area contributed by atoms with E-state index in [0.717, 1.165) is 12.8 Å². The van der Waals surface area contributed by atoms with Gasteiger partial charge >= 0.3 is 11.9 Å². The molecule has 3 rings (SSSR count). The van der Waals surface area contributed by atoms with E-state index in [4.69, 9.17) is 37.9 Å². The quantitative estimate of drug-likeness (QED) is 0.334. The summed E-state index contributed by atoms with van der Waals surface area (Å²) in [7, 11) is 1.62. The van der Waals surface area contributed by atoms with Crippen molar-refractivity contribution < 1.29 is 47.5 Å². The molecule has 3 fully saturated rings. The van der Waals surface area contributed by atoms with Crippen molar-refractivity contribution in [2.75, 3.05) is 13.7 Å². The van der Waals surface area contributed by atoms with Crippen molar-refractivity contribution in [3.8, 4) is 0 Å². The molecule has 41 heavy (non-hydrogen) atoms. The molecule has 15 atom stereocenters. The van der Waals surface area contributed by atoms with Crippen LogP contribution in [0.4, 0.5) is 0 Å². The third-order valence-electron chi connectivity index (χ3n) is 9.83. The van der Waals surface area contributed by atoms with Crippen LogP contribution in [0.25, 0.3) is 0 Å². The summed E-state index contributed by atoms with van der Waals surface area (Å²) in [6, 6.07) is 0. The van der Waals surface area contributed by atoms with Crippen LogP contribution in [0.15, 0.2) is 0 Å². The van der Waals surface area contributed by atoms with Crippen molar-refractivity contribution >= 4 is 11.9 Å². The third-order valence-corrected chi connectivity index (χ3v) is 9.83. The molecule has 0 amide bonds. The minimum absolute atomic E-state index is 0.00233. The molecule has 0 radical (unpaired) electrons. The molecule has 0 aliphatic carbocycles. The fourth-order valence-corrected chi connectivity index (χ4v) is 6.63. The normalized spacial score (nSPS) is 45.2. The highest BCUT2D eigenvalue weighted by molar-refractivity contribution is 5.66. The lowest BCUT2D eigenvalue weighted by atomic mass is 9.81. The summed E-state index contributed by atoms with van der Waals surface area (Å²) in [6.45, 7) is 19.6. The fraction of sp³-hybridized carbons (Fsp3) is 0.935. The maximum atomic E-state index is 12.1. The Kier molecular flexibility index (Phi) is 12.5. The molecule has 0 aromatic rings. The number of hydrogen-bond donors (Lipinski definition) is 0. The molecule has 0 N–H and O–H groups in total. The molecule has 3 heterocycles. The number of methoxy groups -OCH3 is 1. The summed E-state index contributed by atoms with van der Waals surface area (Å²) in [5.41, 5.74) is 0. The van der Waals surface area contributed by atoms with Crippen molar-refractivity contribution in [3.63, 3.8) is 0 Å². The van der Waals surface area contributed by atoms with Gasteiger partial charge in [-0.3, -0.25) is 9.59 Å². The number of hydrogen-bond acceptors (Lipinski definition) is 10. The molecule has 0 aromatic carbocycles. The summed E-state index contributed by atoms with van der Waals surface area (Å²) >= 11 is 0. The standard InChI is InChI=1S/C31H54O10/c1-12-23-15(3)17(5)27(36-21(9)32)30(38-23)35-14-25-26(19(7)20(8)29(34-11)40-25)41-31-28(37-22(10)33)18(6)16(4)24(13-2)39-31/h15-20,23-31H,12-14H2,1-11H3/t15-,16-,17-,18-,19+,20?,23?,24?,25?,26-,27?,28?,29-,30-,31-/m0/s1. The molecule has 0 bridgehead atoms. The van der Waals surface area contributed by atoms with Gasteiger partial charge in [-0.15, -0.1) is 0 Å². The van der Waals surface area contributed by atoms with Crippen molar-refractivity contribution in [2.24, 2.45) is 35.5 Å². The monoisotopic (exact) mass is 586 g/mol. The van der Waals surface area contributed by atoms with Gasteiger partial charge in [0.05, 0.1) is 24.9 Å². The fourth-order valence-electron chi connectivity index (χ4n) is 6.63. The van der Waals surface area contributed by atoms with Crippen molar-refractivity contribution in [2.45, 2.75) is 138 Å². The van der Waals surface area contributed by atoms with Crippen molar-refractivity contribution in [3.05, 3.63) is 0 Å². The summed E-state index contributed by atoms with van der Waals surface area (Å²) in [5, 5.41) is 0. The van der Waals surface area contributed by atoms with Crippen molar-refractivity contribution in [1.29, 1.82) is 0 Å². The largest absolute Gasteiger partial charge is 0.457 e. The Labute approximate surface area is 246 Å². The summed E-state index contributed by atoms with van der Waals surface area (Å²) in [6.07, 6.45) is -2.50. The maximum Gasteiger partial charge on any atom is 0.303 e. The van der Waals surface area contributed by atoms with Crippen LogP contribution in [-0.2, 0) is 47.5 Å². The SMILES string of the molecule is CCC1O[C@H](OCC2O[C@H](OC)C(C)[C@@H](C)[C@@H]2O[C@@H]2OC(CC)[C@@H](C)[C@H](C)C2OC(C)=O)C(OC(C)=O)[C@@H](C)[C@@H]1C. The van der Waals surface area contributed by atoms with Crippen LogP contribution in [-0.4, -0.2) is 81.1 Å². The first-order valence-corrected chi connectivity index (χ1v) is 15.4. The average Bonchev–Trinajstić information content (AvgIpc) is 2.93. The zero-order valence-electron chi connectivity index (χ0n) is 26.9. The van der Waals surface area contributed by atoms with Gasteiger partial charge in [-0.25, -0.2) is 0 Å². The Hall–Kier alpha value is -1.30. The molecule has 0 spiro atoms. The van der Waals surface area contributed by atoms with E-state index in [9.17, 15) is 9.59 Å². The van der Waals surface area contributed by atoms with Gasteiger partial charge in [0.25, 0.3) is 0 Å². The van der Waals surface area contributed by atoms with Gasteiger partial charge in [0.1, 0.15) is 6.10 Å². The Bertz CT molecular complexity index is 853. The van der Waals surface area contributed by atoms with Gasteiger partial charge in [0.2, 0.25) is 0 Å². The summed E-state index contributed by atoms with van der Waals surface area (Å²) in [4.78, 5) is 24.0. The van der Waals surface area contributed by atoms with Crippen LogP contribution in [0.1, 0.15) is 82.1 Å². The van der Waals surface area contributed by atoms with E-state index in [0.29, 0.717) is 0 Å². The van der Waals surface area contributed by atoms with E-state index in [2.05, 4.69) is 55.4 Å². The minimum atomic E-state index is -0.759. The molecule has 238 valence electrons. The first-order valence-electron chi connectivity index (χ1n) is 15.4. The first kappa shape index (κ1) is 34.2. The smallest absolute Gasteiger partial charge is 0.303 e. The van der Waals surface area contributed by atoms with E-state index in [1.807, 2.05) is 0 Å². The topological polar surface area (TPSA) is 108 Å². The zero-order valence-corrected chi connectivity index (χ0v) is 26.9. The molecule has 3 saturated heterocycles. The first-order chi connectivity index (χ1) is 19.3. The van der Waals surface area contributed by atoms with Gasteiger partial charge < -0.3 is 37.9 Å². The lowest BCUT2D eigenvalue weighted by Gasteiger charge is -2.49. The summed E-state index contributed by atoms with van der Waals surface area (Å²) in [5.74, 6) is -0.268. The van der Waals surface area contributed by atoms with E-state index < -0.39 is 43.3 Å². The van der Waals surface area contributed by atoms with Crippen LogP contribution < -0.4 is 0 Å². The van der Waals surface area contributed by atoms with Gasteiger partial charge in [-0.05, 0) is 30.6 Å². The number of rotatable bonds is 10. The predicted molar refractivity (Wildman–Crippen MR) is 150 cm³/mol. The number of carbonyl (C=O) groups excluding carboxylic acids is 2. The maximum absolute atomic E-state index is 12.1. The molecule has 0 aromatic heterocycles. The summed E-state index contributed by atoms with van der Waals surface area (Å²) < 4.78 is 49.3. The Morgan fingerprint density at radius 3 is 1.49 bits per heavy atom. The molecular weight excluding hydrogens is 532 g/mol. The Morgan fingerprint density at radius 1 is 0.585 bits per heavy atom. The molecule has 10 heteroatoms. The van der Waals surface area contributed by atoms with Gasteiger partial charge in [-0.2, -0.15) is 0 Å². The van der Waals surface area contributed by atoms with Crippen molar-refractivity contribution in [1.82, 2.24) is 0 Å². The van der Waals surface area contributed by atoms with Crippen LogP contribution in [0.5, 0.6) is 0 Å². The van der Waals surface area contributed by atoms with E-state index >= 15 is 0 Å². The van der Waals surface area contributed by atoms with Crippen LogP contribution in [0, 0.1) is 35.5 Å². The van der Waals surface area contributed by atoms with Gasteiger partial charge in [0.15, 0.2) is 31.1 Å². The minimum Gasteiger partial charge on any atom is -0.457 e. The van der Waals surface area contributed by atoms with E-state index in [1.165, 1.54) is 13.8 Å². The van der Waals surface area contributed by atoms with Crippen LogP contribution in [0.2, 0.25) is 0 Å². The molecule has 6 unspecified atom stereocenters.